The molecular formula is C64H56N4. The highest BCUT2D eigenvalue weighted by atomic mass is 15.2. The summed E-state index contributed by atoms with van der Waals surface area (Å²) in [5.74, 6) is 0.482. The molecule has 0 aliphatic heterocycles. The van der Waals surface area contributed by atoms with Crippen LogP contribution in [-0.2, 0) is 0 Å². The fraction of sp³-hybridized carbons (Fsp3) is 0.0938. The number of hydrogen-bond acceptors (Lipinski definition) is 4. The minimum atomic E-state index is 0.482. The number of hydrogen-bond donors (Lipinski definition) is 0. The third kappa shape index (κ3) is 9.49. The summed E-state index contributed by atoms with van der Waals surface area (Å²) in [5, 5.41) is 0. The number of para-hydroxylation sites is 2. The van der Waals surface area contributed by atoms with Gasteiger partial charge in [-0.25, -0.2) is 0 Å². The standard InChI is InChI=1S/C64H56N4/c1-47-15-11-23-61(43-47)67(62-24-12-16-48(2)44-62)59-39-35-57(36-40-59)65(53-19-7-5-8-20-53)55-31-27-51(28-32-55)52-29-33-56(34-30-52)66(54-21-9-6-10-22-54)58-37-41-60(42-38-58)68(63-25-13-17-49(3)45-63)64-26-14-18-50(4)46-64/h5-45,50H,46H2,1-4H3. The molecule has 332 valence electrons. The zero-order valence-electron chi connectivity index (χ0n) is 39.2. The van der Waals surface area contributed by atoms with Crippen LogP contribution in [0.15, 0.2) is 254 Å². The van der Waals surface area contributed by atoms with Crippen LogP contribution in [0.5, 0.6) is 0 Å². The van der Waals surface area contributed by atoms with Gasteiger partial charge in [0.1, 0.15) is 0 Å². The number of rotatable bonds is 13. The third-order valence-electron chi connectivity index (χ3n) is 12.7. The van der Waals surface area contributed by atoms with Crippen LogP contribution in [0, 0.1) is 26.7 Å². The Morgan fingerprint density at radius 3 is 0.956 bits per heavy atom. The maximum atomic E-state index is 2.41. The van der Waals surface area contributed by atoms with Crippen molar-refractivity contribution in [3.63, 3.8) is 0 Å². The SMILES string of the molecule is Cc1cccc(N(C2=CC=CC(C)C2)c2ccc(N(c3ccccc3)c3ccc(-c4ccc(N(c5ccccc5)c5ccc(N(c6cccc(C)c6)c6cccc(C)c6)cc5)cc4)cc3)cc2)c1. The van der Waals surface area contributed by atoms with E-state index in [9.17, 15) is 0 Å². The predicted octanol–water partition coefficient (Wildman–Crippen LogP) is 18.3. The van der Waals surface area contributed by atoms with Crippen molar-refractivity contribution in [2.45, 2.75) is 34.1 Å². The van der Waals surface area contributed by atoms with Crippen molar-refractivity contribution in [3.8, 4) is 11.1 Å². The van der Waals surface area contributed by atoms with Crippen molar-refractivity contribution in [1.82, 2.24) is 0 Å². The van der Waals surface area contributed by atoms with E-state index in [-0.39, 0.29) is 0 Å². The number of allylic oxidation sites excluding steroid dienone is 4. The van der Waals surface area contributed by atoms with Gasteiger partial charge in [-0.1, -0.05) is 116 Å². The molecule has 0 amide bonds. The predicted molar refractivity (Wildman–Crippen MR) is 290 cm³/mol. The third-order valence-corrected chi connectivity index (χ3v) is 12.7. The summed E-state index contributed by atoms with van der Waals surface area (Å²) in [4.78, 5) is 9.41. The Balaban J connectivity index is 0.934. The lowest BCUT2D eigenvalue weighted by Crippen LogP contribution is -2.19. The normalized spacial score (nSPS) is 13.1. The van der Waals surface area contributed by atoms with Gasteiger partial charge in [0.2, 0.25) is 0 Å². The Morgan fingerprint density at radius 2 is 0.603 bits per heavy atom. The average Bonchev–Trinajstić information content (AvgIpc) is 3.37. The van der Waals surface area contributed by atoms with Crippen LogP contribution < -0.4 is 19.6 Å². The molecule has 1 aliphatic rings. The molecule has 0 aromatic heterocycles. The van der Waals surface area contributed by atoms with Gasteiger partial charge in [0.25, 0.3) is 0 Å². The molecule has 4 nitrogen and oxygen atoms in total. The van der Waals surface area contributed by atoms with Gasteiger partial charge in [-0.15, -0.1) is 0 Å². The van der Waals surface area contributed by atoms with Gasteiger partial charge < -0.3 is 19.6 Å². The van der Waals surface area contributed by atoms with Gasteiger partial charge in [0, 0.05) is 68.3 Å². The number of benzene rings is 9. The van der Waals surface area contributed by atoms with Crippen LogP contribution in [0.25, 0.3) is 11.1 Å². The highest BCUT2D eigenvalue weighted by Gasteiger charge is 2.21. The summed E-state index contributed by atoms with van der Waals surface area (Å²) in [6.45, 7) is 8.74. The number of aryl methyl sites for hydroxylation is 3. The van der Waals surface area contributed by atoms with Crippen molar-refractivity contribution in [3.05, 3.63) is 271 Å². The van der Waals surface area contributed by atoms with Gasteiger partial charge in [0.05, 0.1) is 0 Å². The highest BCUT2D eigenvalue weighted by Crippen LogP contribution is 2.42. The lowest BCUT2D eigenvalue weighted by Gasteiger charge is -2.31. The Hall–Kier alpha value is -8.34. The monoisotopic (exact) mass is 880 g/mol. The lowest BCUT2D eigenvalue weighted by molar-refractivity contribution is 0.696. The van der Waals surface area contributed by atoms with E-state index in [0.29, 0.717) is 5.92 Å². The maximum Gasteiger partial charge on any atom is 0.0464 e. The van der Waals surface area contributed by atoms with Crippen LogP contribution in [0.1, 0.15) is 30.0 Å². The van der Waals surface area contributed by atoms with Gasteiger partial charge in [0.15, 0.2) is 0 Å². The molecule has 1 aliphatic carbocycles. The fourth-order valence-corrected chi connectivity index (χ4v) is 9.37. The minimum absolute atomic E-state index is 0.482. The summed E-state index contributed by atoms with van der Waals surface area (Å²) in [7, 11) is 0. The molecule has 0 saturated carbocycles. The van der Waals surface area contributed by atoms with Crippen LogP contribution in [0.2, 0.25) is 0 Å². The van der Waals surface area contributed by atoms with E-state index in [1.54, 1.807) is 0 Å². The number of anilines is 11. The smallest absolute Gasteiger partial charge is 0.0464 e. The molecule has 1 unspecified atom stereocenters. The van der Waals surface area contributed by atoms with Crippen molar-refractivity contribution in [1.29, 1.82) is 0 Å². The average molecular weight is 881 g/mol. The summed E-state index contributed by atoms with van der Waals surface area (Å²) < 4.78 is 0. The highest BCUT2D eigenvalue weighted by molar-refractivity contribution is 5.84. The van der Waals surface area contributed by atoms with Crippen molar-refractivity contribution >= 4 is 62.6 Å². The second kappa shape index (κ2) is 19.6. The molecule has 10 rings (SSSR count). The minimum Gasteiger partial charge on any atom is -0.314 e. The van der Waals surface area contributed by atoms with Gasteiger partial charge >= 0.3 is 0 Å². The summed E-state index contributed by atoms with van der Waals surface area (Å²) >= 11 is 0. The van der Waals surface area contributed by atoms with E-state index in [1.807, 2.05) is 0 Å². The maximum absolute atomic E-state index is 2.41. The molecule has 0 spiro atoms. The van der Waals surface area contributed by atoms with Crippen molar-refractivity contribution in [2.24, 2.45) is 5.92 Å². The zero-order chi connectivity index (χ0) is 46.4. The molecule has 0 radical (unpaired) electrons. The van der Waals surface area contributed by atoms with E-state index in [1.165, 1.54) is 28.1 Å². The topological polar surface area (TPSA) is 13.0 Å². The molecule has 9 aromatic carbocycles. The molecule has 68 heavy (non-hydrogen) atoms. The molecule has 9 aromatic rings. The molecule has 0 fully saturated rings. The van der Waals surface area contributed by atoms with Crippen LogP contribution >= 0.6 is 0 Å². The molecule has 0 N–H and O–H groups in total. The van der Waals surface area contributed by atoms with E-state index in [2.05, 4.69) is 296 Å². The van der Waals surface area contributed by atoms with Gasteiger partial charge in [-0.2, -0.15) is 0 Å². The molecule has 4 heteroatoms. The fourth-order valence-electron chi connectivity index (χ4n) is 9.37. The Bertz CT molecular complexity index is 3130. The van der Waals surface area contributed by atoms with E-state index in [0.717, 1.165) is 74.4 Å². The second-order valence-electron chi connectivity index (χ2n) is 17.9. The van der Waals surface area contributed by atoms with Crippen molar-refractivity contribution in [2.75, 3.05) is 19.6 Å². The van der Waals surface area contributed by atoms with Gasteiger partial charge in [-0.05, 0) is 200 Å². The molecule has 0 saturated heterocycles. The van der Waals surface area contributed by atoms with Crippen LogP contribution in [-0.4, -0.2) is 0 Å². The summed E-state index contributed by atoms with van der Waals surface area (Å²) in [6, 6.07) is 83.3. The summed E-state index contributed by atoms with van der Waals surface area (Å²) in [5.41, 5.74) is 19.6. The summed E-state index contributed by atoms with van der Waals surface area (Å²) in [6.07, 6.45) is 7.73. The lowest BCUT2D eigenvalue weighted by atomic mass is 9.98. The first-order valence-corrected chi connectivity index (χ1v) is 23.6. The first-order chi connectivity index (χ1) is 33.3. The first kappa shape index (κ1) is 43.5. The van der Waals surface area contributed by atoms with Crippen molar-refractivity contribution < 1.29 is 0 Å². The molecule has 1 atom stereocenters. The Morgan fingerprint density at radius 1 is 0.309 bits per heavy atom. The van der Waals surface area contributed by atoms with Gasteiger partial charge in [-0.3, -0.25) is 0 Å². The van der Waals surface area contributed by atoms with E-state index >= 15 is 0 Å². The Kier molecular flexibility index (Phi) is 12.6. The number of nitrogens with zero attached hydrogens (tertiary/aromatic N) is 4. The van der Waals surface area contributed by atoms with E-state index < -0.39 is 0 Å². The molecule has 0 heterocycles. The first-order valence-electron chi connectivity index (χ1n) is 23.6. The van der Waals surface area contributed by atoms with Crippen LogP contribution in [0.3, 0.4) is 0 Å². The zero-order valence-corrected chi connectivity index (χ0v) is 39.2. The van der Waals surface area contributed by atoms with Crippen LogP contribution in [0.4, 0.5) is 62.6 Å². The molecule has 0 bridgehead atoms. The molecular weight excluding hydrogens is 825 g/mol. The second-order valence-corrected chi connectivity index (χ2v) is 17.9. The quantitative estimate of drug-likeness (QED) is 0.114. The Labute approximate surface area is 402 Å². The largest absolute Gasteiger partial charge is 0.314 e. The van der Waals surface area contributed by atoms with E-state index in [4.69, 9.17) is 0 Å².